The van der Waals surface area contributed by atoms with Crippen molar-refractivity contribution in [2.45, 2.75) is 4.90 Å². The number of hydrogen-bond donors (Lipinski definition) is 1. The molecule has 0 saturated heterocycles. The van der Waals surface area contributed by atoms with E-state index < -0.39 is 0 Å². The highest BCUT2D eigenvalue weighted by molar-refractivity contribution is 7.98. The number of aromatic nitrogens is 1. The summed E-state index contributed by atoms with van der Waals surface area (Å²) in [5.74, 6) is -0.326. The van der Waals surface area contributed by atoms with Crippen molar-refractivity contribution in [2.75, 3.05) is 6.26 Å². The standard InChI is InChI=1S/C18H15N3OS/c1-23-15-9-6-13(7-10-15)12-19-21-18(22)17-11-8-14-4-2-3-5-16(14)20-17/h2-12H,1H3,(H,21,22)/b19-12-. The van der Waals surface area contributed by atoms with Crippen molar-refractivity contribution >= 4 is 34.8 Å². The van der Waals surface area contributed by atoms with E-state index in [4.69, 9.17) is 0 Å². The topological polar surface area (TPSA) is 54.4 Å². The minimum Gasteiger partial charge on any atom is -0.266 e. The van der Waals surface area contributed by atoms with Gasteiger partial charge in [-0.15, -0.1) is 11.8 Å². The first-order chi connectivity index (χ1) is 11.3. The number of rotatable bonds is 4. The molecule has 3 rings (SSSR count). The molecule has 0 saturated carbocycles. The Hall–Kier alpha value is -2.66. The van der Waals surface area contributed by atoms with Crippen LogP contribution in [0.1, 0.15) is 16.1 Å². The lowest BCUT2D eigenvalue weighted by Gasteiger charge is -2.01. The summed E-state index contributed by atoms with van der Waals surface area (Å²) in [6.07, 6.45) is 3.64. The van der Waals surface area contributed by atoms with Crippen LogP contribution in [0, 0.1) is 0 Å². The molecule has 0 bridgehead atoms. The Balaban J connectivity index is 1.68. The molecule has 0 aliphatic carbocycles. The highest BCUT2D eigenvalue weighted by atomic mass is 32.2. The molecule has 0 aliphatic rings. The summed E-state index contributed by atoms with van der Waals surface area (Å²) in [5, 5.41) is 4.98. The van der Waals surface area contributed by atoms with Crippen LogP contribution < -0.4 is 5.43 Å². The lowest BCUT2D eigenvalue weighted by molar-refractivity contribution is 0.0950. The fourth-order valence-corrected chi connectivity index (χ4v) is 2.51. The number of fused-ring (bicyclic) bond motifs is 1. The summed E-state index contributed by atoms with van der Waals surface area (Å²) >= 11 is 1.68. The summed E-state index contributed by atoms with van der Waals surface area (Å²) in [4.78, 5) is 17.6. The van der Waals surface area contributed by atoms with Crippen LogP contribution in [0.3, 0.4) is 0 Å². The number of benzene rings is 2. The predicted octanol–water partition coefficient (Wildman–Crippen LogP) is 3.72. The number of carbonyl (C=O) groups excluding carboxylic acids is 1. The molecule has 0 radical (unpaired) electrons. The first kappa shape index (κ1) is 15.2. The van der Waals surface area contributed by atoms with Crippen LogP contribution in [-0.4, -0.2) is 23.4 Å². The van der Waals surface area contributed by atoms with Crippen LogP contribution >= 0.6 is 11.8 Å². The van der Waals surface area contributed by atoms with Crippen molar-refractivity contribution in [3.05, 3.63) is 71.9 Å². The third-order valence-electron chi connectivity index (χ3n) is 3.33. The summed E-state index contributed by atoms with van der Waals surface area (Å²) in [7, 11) is 0. The minimum absolute atomic E-state index is 0.326. The molecule has 0 aliphatic heterocycles. The van der Waals surface area contributed by atoms with E-state index in [-0.39, 0.29) is 5.91 Å². The average Bonchev–Trinajstić information content (AvgIpc) is 2.61. The average molecular weight is 321 g/mol. The molecule has 0 fully saturated rings. The molecule has 1 heterocycles. The highest BCUT2D eigenvalue weighted by Crippen LogP contribution is 2.14. The van der Waals surface area contributed by atoms with Gasteiger partial charge in [-0.25, -0.2) is 10.4 Å². The predicted molar refractivity (Wildman–Crippen MR) is 95.0 cm³/mol. The van der Waals surface area contributed by atoms with Gasteiger partial charge in [-0.2, -0.15) is 5.10 Å². The van der Waals surface area contributed by atoms with Crippen molar-refractivity contribution in [1.82, 2.24) is 10.4 Å². The Bertz CT molecular complexity index is 860. The van der Waals surface area contributed by atoms with Gasteiger partial charge >= 0.3 is 0 Å². The highest BCUT2D eigenvalue weighted by Gasteiger charge is 2.06. The third kappa shape index (κ3) is 3.76. The molecular formula is C18H15N3OS. The van der Waals surface area contributed by atoms with Crippen LogP contribution in [0.4, 0.5) is 0 Å². The summed E-state index contributed by atoms with van der Waals surface area (Å²) in [6, 6.07) is 19.2. The van der Waals surface area contributed by atoms with E-state index in [1.54, 1.807) is 24.0 Å². The van der Waals surface area contributed by atoms with Gasteiger partial charge in [0.2, 0.25) is 0 Å². The Morgan fingerprint density at radius 1 is 1.09 bits per heavy atom. The van der Waals surface area contributed by atoms with E-state index in [9.17, 15) is 4.79 Å². The zero-order valence-corrected chi connectivity index (χ0v) is 13.4. The van der Waals surface area contributed by atoms with E-state index in [1.807, 2.05) is 60.9 Å². The Morgan fingerprint density at radius 2 is 1.87 bits per heavy atom. The number of hydrogen-bond acceptors (Lipinski definition) is 4. The fraction of sp³-hybridized carbons (Fsp3) is 0.0556. The van der Waals surface area contributed by atoms with Gasteiger partial charge in [0.1, 0.15) is 5.69 Å². The Kier molecular flexibility index (Phi) is 4.68. The van der Waals surface area contributed by atoms with Crippen molar-refractivity contribution in [1.29, 1.82) is 0 Å². The number of carbonyl (C=O) groups is 1. The van der Waals surface area contributed by atoms with Crippen LogP contribution in [0.5, 0.6) is 0 Å². The smallest absolute Gasteiger partial charge is 0.266 e. The monoisotopic (exact) mass is 321 g/mol. The number of thioether (sulfide) groups is 1. The molecule has 0 spiro atoms. The lowest BCUT2D eigenvalue weighted by atomic mass is 10.2. The van der Waals surface area contributed by atoms with E-state index in [0.717, 1.165) is 16.5 Å². The number of amides is 1. The number of para-hydroxylation sites is 1. The van der Waals surface area contributed by atoms with Gasteiger partial charge in [-0.3, -0.25) is 4.79 Å². The number of pyridine rings is 1. The molecule has 1 amide bonds. The minimum atomic E-state index is -0.326. The van der Waals surface area contributed by atoms with Crippen molar-refractivity contribution in [2.24, 2.45) is 5.10 Å². The van der Waals surface area contributed by atoms with Gasteiger partial charge in [0.05, 0.1) is 11.7 Å². The van der Waals surface area contributed by atoms with Gasteiger partial charge in [0.25, 0.3) is 5.91 Å². The van der Waals surface area contributed by atoms with Crippen LogP contribution in [-0.2, 0) is 0 Å². The largest absolute Gasteiger partial charge is 0.289 e. The summed E-state index contributed by atoms with van der Waals surface area (Å²) in [5.41, 5.74) is 4.56. The molecule has 0 unspecified atom stereocenters. The van der Waals surface area contributed by atoms with Crippen molar-refractivity contribution in [3.8, 4) is 0 Å². The molecule has 0 atom stereocenters. The summed E-state index contributed by atoms with van der Waals surface area (Å²) in [6.45, 7) is 0. The lowest BCUT2D eigenvalue weighted by Crippen LogP contribution is -2.18. The second kappa shape index (κ2) is 7.07. The SMILES string of the molecule is CSc1ccc(/C=N\NC(=O)c2ccc3ccccc3n2)cc1. The second-order valence-electron chi connectivity index (χ2n) is 4.86. The first-order valence-corrected chi connectivity index (χ1v) is 8.32. The zero-order valence-electron chi connectivity index (χ0n) is 12.6. The van der Waals surface area contributed by atoms with Gasteiger partial charge in [0.15, 0.2) is 0 Å². The Labute approximate surface area is 138 Å². The van der Waals surface area contributed by atoms with Crippen LogP contribution in [0.25, 0.3) is 10.9 Å². The van der Waals surface area contributed by atoms with Crippen molar-refractivity contribution < 1.29 is 4.79 Å². The summed E-state index contributed by atoms with van der Waals surface area (Å²) < 4.78 is 0. The van der Waals surface area contributed by atoms with E-state index in [2.05, 4.69) is 15.5 Å². The number of nitrogens with one attached hydrogen (secondary N) is 1. The molecule has 114 valence electrons. The molecule has 1 aromatic heterocycles. The van der Waals surface area contributed by atoms with Gasteiger partial charge in [-0.1, -0.05) is 36.4 Å². The van der Waals surface area contributed by atoms with Gasteiger partial charge in [0, 0.05) is 10.3 Å². The zero-order chi connectivity index (χ0) is 16.1. The molecule has 5 heteroatoms. The normalized spacial score (nSPS) is 11.0. The maximum atomic E-state index is 12.1. The first-order valence-electron chi connectivity index (χ1n) is 7.09. The maximum Gasteiger partial charge on any atom is 0.289 e. The van der Waals surface area contributed by atoms with Crippen molar-refractivity contribution in [3.63, 3.8) is 0 Å². The fourth-order valence-electron chi connectivity index (χ4n) is 2.11. The molecule has 1 N–H and O–H groups in total. The van der Waals surface area contributed by atoms with E-state index in [0.29, 0.717) is 5.69 Å². The van der Waals surface area contributed by atoms with Gasteiger partial charge < -0.3 is 0 Å². The van der Waals surface area contributed by atoms with Gasteiger partial charge in [-0.05, 0) is 36.1 Å². The van der Waals surface area contributed by atoms with E-state index in [1.165, 1.54) is 4.90 Å². The van der Waals surface area contributed by atoms with Crippen LogP contribution in [0.15, 0.2) is 70.7 Å². The molecule has 3 aromatic rings. The molecule has 4 nitrogen and oxygen atoms in total. The Morgan fingerprint density at radius 3 is 2.65 bits per heavy atom. The van der Waals surface area contributed by atoms with E-state index >= 15 is 0 Å². The molecule has 23 heavy (non-hydrogen) atoms. The number of hydrazone groups is 1. The quantitative estimate of drug-likeness (QED) is 0.453. The maximum absolute atomic E-state index is 12.1. The van der Waals surface area contributed by atoms with Crippen LogP contribution in [0.2, 0.25) is 0 Å². The molecular weight excluding hydrogens is 306 g/mol. The second-order valence-corrected chi connectivity index (χ2v) is 5.74. The number of nitrogens with zero attached hydrogens (tertiary/aromatic N) is 2. The third-order valence-corrected chi connectivity index (χ3v) is 4.07. The molecule has 2 aromatic carbocycles.